The molecule has 0 saturated heterocycles. The van der Waals surface area contributed by atoms with Crippen LogP contribution in [0.15, 0.2) is 48.8 Å². The normalized spacial score (nSPS) is 11.1. The van der Waals surface area contributed by atoms with Crippen LogP contribution in [0.1, 0.15) is 11.1 Å². The van der Waals surface area contributed by atoms with Gasteiger partial charge in [0.1, 0.15) is 5.65 Å². The molecule has 3 aromatic rings. The van der Waals surface area contributed by atoms with E-state index in [1.54, 1.807) is 0 Å². The lowest BCUT2D eigenvalue weighted by Crippen LogP contribution is -2.02. The molecule has 3 nitrogen and oxygen atoms in total. The van der Waals surface area contributed by atoms with E-state index >= 15 is 0 Å². The minimum absolute atomic E-state index is 0.687. The zero-order chi connectivity index (χ0) is 13.2. The van der Waals surface area contributed by atoms with E-state index < -0.39 is 0 Å². The van der Waals surface area contributed by atoms with Crippen LogP contribution in [0.4, 0.5) is 0 Å². The van der Waals surface area contributed by atoms with Gasteiger partial charge in [-0.25, -0.2) is 4.98 Å². The fraction of sp³-hybridized carbons (Fsp3) is 0.188. The van der Waals surface area contributed by atoms with Crippen molar-refractivity contribution in [2.45, 2.75) is 13.3 Å². The summed E-state index contributed by atoms with van der Waals surface area (Å²) < 4.78 is 2.07. The van der Waals surface area contributed by atoms with Crippen molar-refractivity contribution in [1.29, 1.82) is 0 Å². The van der Waals surface area contributed by atoms with E-state index in [4.69, 9.17) is 5.73 Å². The number of pyridine rings is 1. The van der Waals surface area contributed by atoms with Crippen molar-refractivity contribution in [2.24, 2.45) is 5.73 Å². The van der Waals surface area contributed by atoms with Gasteiger partial charge in [-0.3, -0.25) is 0 Å². The van der Waals surface area contributed by atoms with E-state index in [1.807, 2.05) is 6.07 Å². The summed E-state index contributed by atoms with van der Waals surface area (Å²) in [6.45, 7) is 2.77. The molecule has 0 saturated carbocycles. The summed E-state index contributed by atoms with van der Waals surface area (Å²) >= 11 is 0. The fourth-order valence-corrected chi connectivity index (χ4v) is 2.25. The van der Waals surface area contributed by atoms with Crippen LogP contribution >= 0.6 is 0 Å². The molecule has 0 bridgehead atoms. The molecule has 0 amide bonds. The average Bonchev–Trinajstić information content (AvgIpc) is 2.83. The summed E-state index contributed by atoms with van der Waals surface area (Å²) in [6, 6.07) is 12.6. The van der Waals surface area contributed by atoms with E-state index in [0.717, 1.165) is 23.3 Å². The first kappa shape index (κ1) is 11.9. The zero-order valence-corrected chi connectivity index (χ0v) is 11.0. The topological polar surface area (TPSA) is 43.3 Å². The molecule has 2 aromatic heterocycles. The lowest BCUT2D eigenvalue weighted by molar-refractivity contribution is 0.969. The largest absolute Gasteiger partial charge is 0.330 e. The summed E-state index contributed by atoms with van der Waals surface area (Å²) in [5.74, 6) is 0. The number of rotatable bonds is 3. The predicted octanol–water partition coefficient (Wildman–Crippen LogP) is 2.81. The molecular formula is C16H17N3. The third-order valence-electron chi connectivity index (χ3n) is 3.28. The summed E-state index contributed by atoms with van der Waals surface area (Å²) in [5.41, 5.74) is 11.2. The first-order valence-electron chi connectivity index (χ1n) is 6.51. The van der Waals surface area contributed by atoms with Crippen LogP contribution in [0, 0.1) is 6.92 Å². The van der Waals surface area contributed by atoms with Crippen molar-refractivity contribution in [3.63, 3.8) is 0 Å². The Morgan fingerprint density at radius 3 is 2.58 bits per heavy atom. The summed E-state index contributed by atoms with van der Waals surface area (Å²) in [7, 11) is 0. The minimum Gasteiger partial charge on any atom is -0.330 e. The predicted molar refractivity (Wildman–Crippen MR) is 78.1 cm³/mol. The second-order valence-electron chi connectivity index (χ2n) is 4.83. The van der Waals surface area contributed by atoms with Gasteiger partial charge in [0.05, 0.1) is 5.69 Å². The standard InChI is InChI=1S/C16H17N3/c1-12-2-7-16-18-15(11-19(16)10-12)14-5-3-13(4-6-14)8-9-17/h2-7,10-11H,8-9,17H2,1H3. The van der Waals surface area contributed by atoms with Crippen molar-refractivity contribution < 1.29 is 0 Å². The van der Waals surface area contributed by atoms with Gasteiger partial charge >= 0.3 is 0 Å². The van der Waals surface area contributed by atoms with Crippen LogP contribution in [0.25, 0.3) is 16.9 Å². The van der Waals surface area contributed by atoms with Crippen LogP contribution in [-0.2, 0) is 6.42 Å². The number of fused-ring (bicyclic) bond motifs is 1. The van der Waals surface area contributed by atoms with E-state index in [2.05, 4.69) is 59.0 Å². The SMILES string of the molecule is Cc1ccc2nc(-c3ccc(CCN)cc3)cn2c1. The molecule has 0 aliphatic rings. The summed E-state index contributed by atoms with van der Waals surface area (Å²) in [5, 5.41) is 0. The number of aromatic nitrogens is 2. The molecule has 0 radical (unpaired) electrons. The number of imidazole rings is 1. The molecular weight excluding hydrogens is 234 g/mol. The van der Waals surface area contributed by atoms with Gasteiger partial charge in [-0.1, -0.05) is 30.3 Å². The minimum atomic E-state index is 0.687. The number of hydrogen-bond donors (Lipinski definition) is 1. The van der Waals surface area contributed by atoms with Crippen molar-refractivity contribution in [1.82, 2.24) is 9.38 Å². The maximum absolute atomic E-state index is 5.56. The molecule has 0 spiro atoms. The van der Waals surface area contributed by atoms with E-state index in [-0.39, 0.29) is 0 Å². The van der Waals surface area contributed by atoms with Crippen molar-refractivity contribution in [3.05, 3.63) is 59.9 Å². The highest BCUT2D eigenvalue weighted by Crippen LogP contribution is 2.20. The van der Waals surface area contributed by atoms with Gasteiger partial charge < -0.3 is 10.1 Å². The van der Waals surface area contributed by atoms with Gasteiger partial charge in [0, 0.05) is 18.0 Å². The lowest BCUT2D eigenvalue weighted by atomic mass is 10.1. The van der Waals surface area contributed by atoms with E-state index in [1.165, 1.54) is 11.1 Å². The summed E-state index contributed by atoms with van der Waals surface area (Å²) in [6.07, 6.45) is 5.08. The first-order chi connectivity index (χ1) is 9.26. The Hall–Kier alpha value is -2.13. The van der Waals surface area contributed by atoms with Gasteiger partial charge in [-0.2, -0.15) is 0 Å². The van der Waals surface area contributed by atoms with E-state index in [9.17, 15) is 0 Å². The number of aryl methyl sites for hydroxylation is 1. The van der Waals surface area contributed by atoms with Crippen LogP contribution < -0.4 is 5.73 Å². The fourth-order valence-electron chi connectivity index (χ4n) is 2.25. The second-order valence-corrected chi connectivity index (χ2v) is 4.83. The van der Waals surface area contributed by atoms with Crippen LogP contribution in [0.2, 0.25) is 0 Å². The van der Waals surface area contributed by atoms with Gasteiger partial charge in [0.2, 0.25) is 0 Å². The number of nitrogens with zero attached hydrogens (tertiary/aromatic N) is 2. The Morgan fingerprint density at radius 2 is 1.84 bits per heavy atom. The highest BCUT2D eigenvalue weighted by Gasteiger charge is 2.04. The molecule has 1 aromatic carbocycles. The molecule has 0 unspecified atom stereocenters. The third-order valence-corrected chi connectivity index (χ3v) is 3.28. The second kappa shape index (κ2) is 4.86. The Bertz CT molecular complexity index is 696. The van der Waals surface area contributed by atoms with Gasteiger partial charge in [0.15, 0.2) is 0 Å². The quantitative estimate of drug-likeness (QED) is 0.778. The van der Waals surface area contributed by atoms with Crippen molar-refractivity contribution in [3.8, 4) is 11.3 Å². The molecule has 3 rings (SSSR count). The van der Waals surface area contributed by atoms with Crippen LogP contribution in [0.5, 0.6) is 0 Å². The Labute approximate surface area is 112 Å². The number of hydrogen-bond acceptors (Lipinski definition) is 2. The van der Waals surface area contributed by atoms with Crippen molar-refractivity contribution >= 4 is 5.65 Å². The Balaban J connectivity index is 1.99. The van der Waals surface area contributed by atoms with Crippen molar-refractivity contribution in [2.75, 3.05) is 6.54 Å². The zero-order valence-electron chi connectivity index (χ0n) is 11.0. The molecule has 2 N–H and O–H groups in total. The highest BCUT2D eigenvalue weighted by molar-refractivity contribution is 5.63. The molecule has 2 heterocycles. The molecule has 3 heteroatoms. The molecule has 0 aliphatic heterocycles. The monoisotopic (exact) mass is 251 g/mol. The summed E-state index contributed by atoms with van der Waals surface area (Å²) in [4.78, 5) is 4.64. The molecule has 96 valence electrons. The average molecular weight is 251 g/mol. The molecule has 0 aliphatic carbocycles. The Morgan fingerprint density at radius 1 is 1.05 bits per heavy atom. The smallest absolute Gasteiger partial charge is 0.137 e. The number of benzene rings is 1. The highest BCUT2D eigenvalue weighted by atomic mass is 15.0. The maximum Gasteiger partial charge on any atom is 0.137 e. The van der Waals surface area contributed by atoms with Gasteiger partial charge in [-0.15, -0.1) is 0 Å². The van der Waals surface area contributed by atoms with Crippen LogP contribution in [-0.4, -0.2) is 15.9 Å². The first-order valence-corrected chi connectivity index (χ1v) is 6.51. The molecule has 0 atom stereocenters. The lowest BCUT2D eigenvalue weighted by Gasteiger charge is -2.00. The van der Waals surface area contributed by atoms with Gasteiger partial charge in [0.25, 0.3) is 0 Å². The molecule has 0 fully saturated rings. The van der Waals surface area contributed by atoms with E-state index in [0.29, 0.717) is 6.54 Å². The molecule has 19 heavy (non-hydrogen) atoms. The Kier molecular flexibility index (Phi) is 3.05. The van der Waals surface area contributed by atoms with Crippen LogP contribution in [0.3, 0.4) is 0 Å². The van der Waals surface area contributed by atoms with Gasteiger partial charge in [-0.05, 0) is 37.1 Å². The third kappa shape index (κ3) is 2.37. The number of nitrogens with two attached hydrogens (primary N) is 1. The maximum atomic E-state index is 5.56.